The summed E-state index contributed by atoms with van der Waals surface area (Å²) in [6.45, 7) is 0.413. The zero-order valence-electron chi connectivity index (χ0n) is 15.0. The van der Waals surface area contributed by atoms with Crippen molar-refractivity contribution in [3.8, 4) is 0 Å². The van der Waals surface area contributed by atoms with Crippen LogP contribution in [0.4, 0.5) is 23.7 Å². The van der Waals surface area contributed by atoms with Crippen LogP contribution in [0.1, 0.15) is 12.0 Å². The first kappa shape index (κ1) is 18.3. The van der Waals surface area contributed by atoms with Gasteiger partial charge in [-0.05, 0) is 30.5 Å². The van der Waals surface area contributed by atoms with Crippen molar-refractivity contribution >= 4 is 22.8 Å². The molecular weight excluding hydrogens is 369 g/mol. The summed E-state index contributed by atoms with van der Waals surface area (Å²) >= 11 is 0. The molecule has 0 bridgehead atoms. The van der Waals surface area contributed by atoms with E-state index in [4.69, 9.17) is 0 Å². The van der Waals surface area contributed by atoms with Crippen molar-refractivity contribution in [3.05, 3.63) is 60.4 Å². The highest BCUT2D eigenvalue weighted by Crippen LogP contribution is 2.41. The highest BCUT2D eigenvalue weighted by molar-refractivity contribution is 5.96. The molecule has 1 fully saturated rings. The Labute approximate surface area is 159 Å². The molecule has 3 aromatic rings. The fourth-order valence-electron chi connectivity index (χ4n) is 3.32. The number of halogens is 3. The lowest BCUT2D eigenvalue weighted by atomic mass is 10.1. The van der Waals surface area contributed by atoms with Gasteiger partial charge >= 0.3 is 12.2 Å². The van der Waals surface area contributed by atoms with Gasteiger partial charge in [0, 0.05) is 13.1 Å². The fourth-order valence-corrected chi connectivity index (χ4v) is 3.32. The second-order valence-electron chi connectivity index (χ2n) is 6.79. The van der Waals surface area contributed by atoms with Gasteiger partial charge in [-0.25, -0.2) is 9.78 Å². The van der Waals surface area contributed by atoms with Crippen LogP contribution >= 0.6 is 0 Å². The molecule has 0 saturated carbocycles. The molecule has 0 radical (unpaired) electrons. The van der Waals surface area contributed by atoms with E-state index in [0.717, 1.165) is 12.8 Å². The summed E-state index contributed by atoms with van der Waals surface area (Å²) in [4.78, 5) is 17.9. The smallest absolute Gasteiger partial charge is 0.354 e. The van der Waals surface area contributed by atoms with E-state index in [1.807, 2.05) is 30.3 Å². The number of carbonyl (C=O) groups excluding carboxylic acids is 1. The van der Waals surface area contributed by atoms with Gasteiger partial charge in [0.05, 0.1) is 11.2 Å². The molecule has 0 spiro atoms. The number of amides is 1. The molecule has 1 aliphatic rings. The van der Waals surface area contributed by atoms with Gasteiger partial charge in [-0.15, -0.1) is 0 Å². The maximum absolute atomic E-state index is 12.9. The number of nitrogens with one attached hydrogen (secondary N) is 1. The van der Waals surface area contributed by atoms with Crippen LogP contribution in [0, 0.1) is 0 Å². The van der Waals surface area contributed by atoms with Crippen molar-refractivity contribution in [2.75, 3.05) is 18.0 Å². The molecule has 0 aliphatic carbocycles. The predicted molar refractivity (Wildman–Crippen MR) is 100 cm³/mol. The zero-order chi connectivity index (χ0) is 19.7. The molecule has 4 rings (SSSR count). The molecule has 2 aromatic carbocycles. The SMILES string of the molecule is O=C(NCCCc1ccccc1)n1cnc2c(N3CC3C(F)(F)F)cccc21. The van der Waals surface area contributed by atoms with Gasteiger partial charge in [-0.3, -0.25) is 4.57 Å². The standard InChI is InChI=1S/C20H19F3N4O/c21-20(22,23)17-12-26(17)15-9-4-10-16-18(15)25-13-27(16)19(28)24-11-5-8-14-6-2-1-3-7-14/h1-4,6-7,9-10,13,17H,5,8,11-12H2,(H,24,28). The van der Waals surface area contributed by atoms with E-state index in [9.17, 15) is 18.0 Å². The molecule has 1 aromatic heterocycles. The van der Waals surface area contributed by atoms with Gasteiger partial charge in [-0.2, -0.15) is 13.2 Å². The van der Waals surface area contributed by atoms with E-state index in [-0.39, 0.29) is 12.6 Å². The minimum Gasteiger partial charge on any atom is -0.354 e. The van der Waals surface area contributed by atoms with Crippen molar-refractivity contribution in [2.24, 2.45) is 0 Å². The predicted octanol–water partition coefficient (Wildman–Crippen LogP) is 3.98. The summed E-state index contributed by atoms with van der Waals surface area (Å²) in [5.41, 5.74) is 2.49. The Morgan fingerprint density at radius 2 is 1.93 bits per heavy atom. The lowest BCUT2D eigenvalue weighted by Crippen LogP contribution is -2.29. The third kappa shape index (κ3) is 3.67. The molecule has 1 atom stereocenters. The summed E-state index contributed by atoms with van der Waals surface area (Å²) in [6, 6.07) is 13.1. The molecule has 1 N–H and O–H groups in total. The number of fused-ring (bicyclic) bond motifs is 1. The number of benzene rings is 2. The summed E-state index contributed by atoms with van der Waals surface area (Å²) in [5.74, 6) is 0. The number of alkyl halides is 3. The molecule has 1 amide bonds. The van der Waals surface area contributed by atoms with Crippen molar-refractivity contribution in [2.45, 2.75) is 25.1 Å². The monoisotopic (exact) mass is 388 g/mol. The second-order valence-corrected chi connectivity index (χ2v) is 6.79. The third-order valence-electron chi connectivity index (χ3n) is 4.83. The first-order valence-corrected chi connectivity index (χ1v) is 9.07. The van der Waals surface area contributed by atoms with Crippen LogP contribution in [-0.2, 0) is 6.42 Å². The molecule has 1 aliphatic heterocycles. The number of carbonyl (C=O) groups is 1. The van der Waals surface area contributed by atoms with E-state index in [1.54, 1.807) is 18.2 Å². The average molecular weight is 388 g/mol. The number of rotatable bonds is 5. The summed E-state index contributed by atoms with van der Waals surface area (Å²) in [7, 11) is 0. The third-order valence-corrected chi connectivity index (χ3v) is 4.83. The summed E-state index contributed by atoms with van der Waals surface area (Å²) < 4.78 is 40.0. The zero-order valence-corrected chi connectivity index (χ0v) is 15.0. The molecule has 28 heavy (non-hydrogen) atoms. The van der Waals surface area contributed by atoms with Crippen LogP contribution in [0.2, 0.25) is 0 Å². The van der Waals surface area contributed by atoms with Crippen molar-refractivity contribution in [3.63, 3.8) is 0 Å². The van der Waals surface area contributed by atoms with E-state index >= 15 is 0 Å². The molecule has 1 saturated heterocycles. The van der Waals surface area contributed by atoms with E-state index in [1.165, 1.54) is 21.4 Å². The summed E-state index contributed by atoms with van der Waals surface area (Å²) in [6.07, 6.45) is -1.27. The Balaban J connectivity index is 1.42. The van der Waals surface area contributed by atoms with E-state index in [2.05, 4.69) is 10.3 Å². The Hall–Kier alpha value is -3.03. The van der Waals surface area contributed by atoms with E-state index in [0.29, 0.717) is 23.3 Å². The molecule has 5 nitrogen and oxygen atoms in total. The highest BCUT2D eigenvalue weighted by atomic mass is 19.4. The lowest BCUT2D eigenvalue weighted by Gasteiger charge is -2.10. The fraction of sp³-hybridized carbons (Fsp3) is 0.300. The minimum atomic E-state index is -4.26. The van der Waals surface area contributed by atoms with Crippen LogP contribution in [0.5, 0.6) is 0 Å². The number of anilines is 1. The van der Waals surface area contributed by atoms with Gasteiger partial charge in [0.25, 0.3) is 0 Å². The van der Waals surface area contributed by atoms with Crippen LogP contribution < -0.4 is 10.2 Å². The van der Waals surface area contributed by atoms with Gasteiger partial charge in [-0.1, -0.05) is 36.4 Å². The van der Waals surface area contributed by atoms with Gasteiger partial charge in [0.1, 0.15) is 17.9 Å². The Kier molecular flexibility index (Phi) is 4.70. The number of hydrogen-bond donors (Lipinski definition) is 1. The number of hydrogen-bond acceptors (Lipinski definition) is 3. The topological polar surface area (TPSA) is 49.9 Å². The van der Waals surface area contributed by atoms with Crippen molar-refractivity contribution in [1.82, 2.24) is 14.9 Å². The number of nitrogens with zero attached hydrogens (tertiary/aromatic N) is 3. The summed E-state index contributed by atoms with van der Waals surface area (Å²) in [5, 5.41) is 2.84. The first-order valence-electron chi connectivity index (χ1n) is 9.07. The number of aromatic nitrogens is 2. The van der Waals surface area contributed by atoms with Crippen LogP contribution in [-0.4, -0.2) is 40.9 Å². The van der Waals surface area contributed by atoms with E-state index < -0.39 is 12.2 Å². The molecule has 2 heterocycles. The quantitative estimate of drug-likeness (QED) is 0.531. The molecule has 1 unspecified atom stereocenters. The van der Waals surface area contributed by atoms with Crippen LogP contribution in [0.3, 0.4) is 0 Å². The maximum atomic E-state index is 12.9. The second kappa shape index (κ2) is 7.18. The number of aryl methyl sites for hydroxylation is 1. The number of para-hydroxylation sites is 1. The number of imidazole rings is 1. The molecule has 146 valence electrons. The lowest BCUT2D eigenvalue weighted by molar-refractivity contribution is -0.125. The van der Waals surface area contributed by atoms with Crippen LogP contribution in [0.25, 0.3) is 11.0 Å². The Morgan fingerprint density at radius 3 is 2.64 bits per heavy atom. The Bertz CT molecular complexity index is 984. The maximum Gasteiger partial charge on any atom is 0.410 e. The largest absolute Gasteiger partial charge is 0.410 e. The van der Waals surface area contributed by atoms with Crippen LogP contribution in [0.15, 0.2) is 54.9 Å². The minimum absolute atomic E-state index is 0.0822. The average Bonchev–Trinajstić information content (AvgIpc) is 3.38. The highest BCUT2D eigenvalue weighted by Gasteiger charge is 2.55. The normalized spacial score (nSPS) is 16.4. The van der Waals surface area contributed by atoms with Crippen molar-refractivity contribution in [1.29, 1.82) is 0 Å². The Morgan fingerprint density at radius 1 is 1.14 bits per heavy atom. The molecular formula is C20H19F3N4O. The van der Waals surface area contributed by atoms with Gasteiger partial charge < -0.3 is 10.2 Å². The first-order chi connectivity index (χ1) is 13.4. The van der Waals surface area contributed by atoms with Crippen molar-refractivity contribution < 1.29 is 18.0 Å². The van der Waals surface area contributed by atoms with Gasteiger partial charge in [0.15, 0.2) is 0 Å². The van der Waals surface area contributed by atoms with Gasteiger partial charge in [0.2, 0.25) is 0 Å². The molecule has 8 heteroatoms.